The van der Waals surface area contributed by atoms with Crippen molar-refractivity contribution in [1.82, 2.24) is 10.6 Å². The molecule has 1 aliphatic carbocycles. The van der Waals surface area contributed by atoms with Crippen LogP contribution >= 0.6 is 0 Å². The smallest absolute Gasteiger partial charge is 0.237 e. The second-order valence-corrected chi connectivity index (χ2v) is 7.83. The summed E-state index contributed by atoms with van der Waals surface area (Å²) in [5.41, 5.74) is 0. The Balaban J connectivity index is 1.47. The van der Waals surface area contributed by atoms with Crippen LogP contribution in [0.1, 0.15) is 58.8 Å². The molecule has 2 heterocycles. The van der Waals surface area contributed by atoms with Crippen LogP contribution < -0.4 is 10.6 Å². The highest BCUT2D eigenvalue weighted by atomic mass is 16.5. The van der Waals surface area contributed by atoms with E-state index in [1.54, 1.807) is 0 Å². The predicted octanol–water partition coefficient (Wildman–Crippen LogP) is 2.47. The van der Waals surface area contributed by atoms with Crippen molar-refractivity contribution in [2.24, 2.45) is 17.8 Å². The fourth-order valence-electron chi connectivity index (χ4n) is 4.70. The van der Waals surface area contributed by atoms with Gasteiger partial charge in [0.15, 0.2) is 0 Å². The number of amides is 1. The molecule has 0 aromatic heterocycles. The van der Waals surface area contributed by atoms with Crippen LogP contribution in [0.4, 0.5) is 0 Å². The number of hydrogen-bond acceptors (Lipinski definition) is 3. The Labute approximate surface area is 134 Å². The number of hydrogen-bond donors (Lipinski definition) is 2. The molecule has 22 heavy (non-hydrogen) atoms. The van der Waals surface area contributed by atoms with E-state index in [-0.39, 0.29) is 11.9 Å². The van der Waals surface area contributed by atoms with Gasteiger partial charge in [0, 0.05) is 25.1 Å². The van der Waals surface area contributed by atoms with Crippen molar-refractivity contribution in [3.05, 3.63) is 0 Å². The van der Waals surface area contributed by atoms with Gasteiger partial charge in [-0.2, -0.15) is 0 Å². The Kier molecular flexibility index (Phi) is 5.40. The van der Waals surface area contributed by atoms with Gasteiger partial charge in [-0.25, -0.2) is 0 Å². The minimum absolute atomic E-state index is 0.0371. The Morgan fingerprint density at radius 1 is 1.23 bits per heavy atom. The SMILES string of the molecule is CC(C)C1OCCCC1CNC(=O)C1CC2CCCCC2N1. The zero-order valence-electron chi connectivity index (χ0n) is 14.1. The van der Waals surface area contributed by atoms with Crippen molar-refractivity contribution in [1.29, 1.82) is 0 Å². The van der Waals surface area contributed by atoms with Crippen molar-refractivity contribution in [3.63, 3.8) is 0 Å². The van der Waals surface area contributed by atoms with E-state index in [1.807, 2.05) is 0 Å². The number of nitrogens with one attached hydrogen (secondary N) is 2. The summed E-state index contributed by atoms with van der Waals surface area (Å²) in [6, 6.07) is 0.626. The van der Waals surface area contributed by atoms with Crippen LogP contribution in [0.2, 0.25) is 0 Å². The lowest BCUT2D eigenvalue weighted by atomic mass is 9.85. The molecule has 0 aromatic carbocycles. The van der Waals surface area contributed by atoms with Gasteiger partial charge in [0.05, 0.1) is 12.1 Å². The topological polar surface area (TPSA) is 50.4 Å². The highest BCUT2D eigenvalue weighted by Crippen LogP contribution is 2.33. The van der Waals surface area contributed by atoms with Gasteiger partial charge in [-0.05, 0) is 43.9 Å². The van der Waals surface area contributed by atoms with Crippen LogP contribution in [-0.4, -0.2) is 37.2 Å². The Morgan fingerprint density at radius 3 is 2.82 bits per heavy atom. The van der Waals surface area contributed by atoms with E-state index >= 15 is 0 Å². The third kappa shape index (κ3) is 3.65. The van der Waals surface area contributed by atoms with Crippen LogP contribution in [0.5, 0.6) is 0 Å². The third-order valence-corrected chi connectivity index (χ3v) is 5.87. The molecule has 4 nitrogen and oxygen atoms in total. The van der Waals surface area contributed by atoms with Crippen molar-refractivity contribution >= 4 is 5.91 Å². The standard InChI is InChI=1S/C18H32N2O2/c1-12(2)17-14(7-5-9-22-17)11-19-18(21)16-10-13-6-3-4-8-15(13)20-16/h12-17,20H,3-11H2,1-2H3,(H,19,21). The highest BCUT2D eigenvalue weighted by molar-refractivity contribution is 5.82. The Morgan fingerprint density at radius 2 is 2.05 bits per heavy atom. The van der Waals surface area contributed by atoms with E-state index in [1.165, 1.54) is 32.1 Å². The molecular weight excluding hydrogens is 276 g/mol. The molecule has 1 amide bonds. The molecule has 126 valence electrons. The lowest BCUT2D eigenvalue weighted by Gasteiger charge is -2.34. The summed E-state index contributed by atoms with van der Waals surface area (Å²) in [7, 11) is 0. The molecule has 0 aromatic rings. The number of fused-ring (bicyclic) bond motifs is 1. The summed E-state index contributed by atoms with van der Waals surface area (Å²) >= 11 is 0. The van der Waals surface area contributed by atoms with E-state index in [2.05, 4.69) is 24.5 Å². The maximum atomic E-state index is 12.5. The minimum atomic E-state index is 0.0371. The Bertz CT molecular complexity index is 371. The molecule has 4 heteroatoms. The third-order valence-electron chi connectivity index (χ3n) is 5.87. The summed E-state index contributed by atoms with van der Waals surface area (Å²) in [6.07, 6.45) is 8.83. The summed E-state index contributed by atoms with van der Waals surface area (Å²) in [5.74, 6) is 1.93. The summed E-state index contributed by atoms with van der Waals surface area (Å²) in [5, 5.41) is 6.78. The molecule has 2 aliphatic heterocycles. The van der Waals surface area contributed by atoms with Crippen molar-refractivity contribution in [3.8, 4) is 0 Å². The molecular formula is C18H32N2O2. The van der Waals surface area contributed by atoms with E-state index < -0.39 is 0 Å². The first-order valence-corrected chi connectivity index (χ1v) is 9.30. The average molecular weight is 308 g/mol. The zero-order valence-corrected chi connectivity index (χ0v) is 14.1. The van der Waals surface area contributed by atoms with Gasteiger partial charge in [0.25, 0.3) is 0 Å². The highest BCUT2D eigenvalue weighted by Gasteiger charge is 2.38. The van der Waals surface area contributed by atoms with Crippen molar-refractivity contribution in [2.45, 2.75) is 77.0 Å². The molecule has 5 unspecified atom stereocenters. The van der Waals surface area contributed by atoms with Gasteiger partial charge in [-0.1, -0.05) is 26.7 Å². The van der Waals surface area contributed by atoms with Gasteiger partial charge in [-0.3, -0.25) is 4.79 Å². The van der Waals surface area contributed by atoms with Crippen LogP contribution in [-0.2, 0) is 9.53 Å². The molecule has 0 spiro atoms. The van der Waals surface area contributed by atoms with Crippen LogP contribution in [0.3, 0.4) is 0 Å². The van der Waals surface area contributed by atoms with Gasteiger partial charge in [0.1, 0.15) is 0 Å². The second kappa shape index (κ2) is 7.31. The lowest BCUT2D eigenvalue weighted by Crippen LogP contribution is -2.47. The zero-order chi connectivity index (χ0) is 15.5. The van der Waals surface area contributed by atoms with Crippen molar-refractivity contribution < 1.29 is 9.53 Å². The fraction of sp³-hybridized carbons (Fsp3) is 0.944. The average Bonchev–Trinajstić information content (AvgIpc) is 2.97. The summed E-state index contributed by atoms with van der Waals surface area (Å²) in [6.45, 7) is 6.08. The molecule has 0 bridgehead atoms. The molecule has 3 fully saturated rings. The lowest BCUT2D eigenvalue weighted by molar-refractivity contribution is -0.124. The summed E-state index contributed by atoms with van der Waals surface area (Å²) in [4.78, 5) is 12.5. The molecule has 3 aliphatic rings. The van der Waals surface area contributed by atoms with Gasteiger partial charge in [-0.15, -0.1) is 0 Å². The first kappa shape index (κ1) is 16.3. The number of carbonyl (C=O) groups is 1. The normalized spacial score (nSPS) is 38.8. The minimum Gasteiger partial charge on any atom is -0.378 e. The fourth-order valence-corrected chi connectivity index (χ4v) is 4.70. The second-order valence-electron chi connectivity index (χ2n) is 7.83. The molecule has 3 rings (SSSR count). The van der Waals surface area contributed by atoms with E-state index in [4.69, 9.17) is 4.74 Å². The molecule has 5 atom stereocenters. The molecule has 0 radical (unpaired) electrons. The van der Waals surface area contributed by atoms with E-state index in [0.29, 0.717) is 24.0 Å². The number of carbonyl (C=O) groups excluding carboxylic acids is 1. The monoisotopic (exact) mass is 308 g/mol. The van der Waals surface area contributed by atoms with Crippen LogP contribution in [0.25, 0.3) is 0 Å². The first-order valence-electron chi connectivity index (χ1n) is 9.30. The van der Waals surface area contributed by atoms with Crippen molar-refractivity contribution in [2.75, 3.05) is 13.2 Å². The van der Waals surface area contributed by atoms with E-state index in [9.17, 15) is 4.79 Å². The number of ether oxygens (including phenoxy) is 1. The summed E-state index contributed by atoms with van der Waals surface area (Å²) < 4.78 is 5.92. The first-order chi connectivity index (χ1) is 10.6. The van der Waals surface area contributed by atoms with Gasteiger partial charge >= 0.3 is 0 Å². The molecule has 2 N–H and O–H groups in total. The van der Waals surface area contributed by atoms with Gasteiger partial charge in [0.2, 0.25) is 5.91 Å². The van der Waals surface area contributed by atoms with Crippen LogP contribution in [0, 0.1) is 17.8 Å². The maximum Gasteiger partial charge on any atom is 0.237 e. The predicted molar refractivity (Wildman–Crippen MR) is 87.6 cm³/mol. The quantitative estimate of drug-likeness (QED) is 0.839. The Hall–Kier alpha value is -0.610. The number of rotatable bonds is 4. The molecule has 1 saturated carbocycles. The van der Waals surface area contributed by atoms with Crippen LogP contribution in [0.15, 0.2) is 0 Å². The van der Waals surface area contributed by atoms with Gasteiger partial charge < -0.3 is 15.4 Å². The van der Waals surface area contributed by atoms with E-state index in [0.717, 1.165) is 31.9 Å². The maximum absolute atomic E-state index is 12.5. The largest absolute Gasteiger partial charge is 0.378 e. The molecule has 2 saturated heterocycles.